The molecule has 0 N–H and O–H groups in total. The fourth-order valence-electron chi connectivity index (χ4n) is 0.460. The van der Waals surface area contributed by atoms with Crippen LogP contribution in [0.4, 0.5) is 0 Å². The number of aromatic nitrogens is 2. The molecule has 0 aliphatic carbocycles. The lowest BCUT2D eigenvalue weighted by Crippen LogP contribution is -1.70. The molecule has 0 saturated heterocycles. The van der Waals surface area contributed by atoms with Crippen molar-refractivity contribution in [2.45, 2.75) is 25.6 Å². The number of hydrogen-bond donors (Lipinski definition) is 0. The summed E-state index contributed by atoms with van der Waals surface area (Å²) in [6.45, 7) is 4.08. The molecule has 58 valence electrons. The summed E-state index contributed by atoms with van der Waals surface area (Å²) < 4.78 is 1.08. The van der Waals surface area contributed by atoms with Crippen LogP contribution in [0.5, 0.6) is 0 Å². The van der Waals surface area contributed by atoms with Gasteiger partial charge in [0.2, 0.25) is 0 Å². The van der Waals surface area contributed by atoms with E-state index in [2.05, 4.69) is 17.1 Å². The topological polar surface area (TPSA) is 25.8 Å². The summed E-state index contributed by atoms with van der Waals surface area (Å²) in [6.07, 6.45) is 0. The van der Waals surface area contributed by atoms with Crippen LogP contribution in [-0.4, -0.2) is 16.0 Å². The van der Waals surface area contributed by atoms with E-state index in [-0.39, 0.29) is 7.43 Å². The van der Waals surface area contributed by atoms with E-state index in [0.29, 0.717) is 0 Å². The maximum Gasteiger partial charge on any atom is 0.174 e. The highest BCUT2D eigenvalue weighted by Gasteiger charge is 1.96. The van der Waals surface area contributed by atoms with Crippen molar-refractivity contribution < 1.29 is 0 Å². The van der Waals surface area contributed by atoms with Crippen molar-refractivity contribution in [2.24, 2.45) is 0 Å². The Morgan fingerprint density at radius 2 is 2.20 bits per heavy atom. The Balaban J connectivity index is 0.000000810. The molecule has 1 aromatic rings. The van der Waals surface area contributed by atoms with E-state index >= 15 is 0 Å². The van der Waals surface area contributed by atoms with Gasteiger partial charge in [-0.15, -0.1) is 10.2 Å². The third-order valence-electron chi connectivity index (χ3n) is 0.775. The number of rotatable bonds is 2. The lowest BCUT2D eigenvalue weighted by Gasteiger charge is -1.83. The highest BCUT2D eigenvalue weighted by atomic mass is 32.2. The first-order valence-corrected chi connectivity index (χ1v) is 4.56. The monoisotopic (exact) mass is 176 g/mol. The summed E-state index contributed by atoms with van der Waals surface area (Å²) >= 11 is 3.39. The lowest BCUT2D eigenvalue weighted by atomic mass is 10.9. The molecule has 10 heavy (non-hydrogen) atoms. The Morgan fingerprint density at radius 1 is 1.50 bits per heavy atom. The average Bonchev–Trinajstić information content (AvgIpc) is 2.17. The van der Waals surface area contributed by atoms with E-state index in [4.69, 9.17) is 0 Å². The third-order valence-corrected chi connectivity index (χ3v) is 2.63. The molecule has 0 fully saturated rings. The maximum absolute atomic E-state index is 3.94. The Morgan fingerprint density at radius 3 is 2.60 bits per heavy atom. The van der Waals surface area contributed by atoms with Gasteiger partial charge in [0.15, 0.2) is 4.34 Å². The zero-order valence-electron chi connectivity index (χ0n) is 5.42. The fraction of sp³-hybridized carbons (Fsp3) is 0.667. The van der Waals surface area contributed by atoms with Crippen molar-refractivity contribution in [3.8, 4) is 0 Å². The van der Waals surface area contributed by atoms with Crippen LogP contribution in [0.3, 0.4) is 0 Å². The molecular weight excluding hydrogens is 164 g/mol. The zero-order valence-corrected chi connectivity index (χ0v) is 7.05. The van der Waals surface area contributed by atoms with Gasteiger partial charge >= 0.3 is 0 Å². The second kappa shape index (κ2) is 4.68. The Bertz CT molecular complexity index is 186. The predicted octanol–water partition coefficient (Wildman–Crippen LogP) is 2.59. The van der Waals surface area contributed by atoms with Gasteiger partial charge < -0.3 is 0 Å². The average molecular weight is 176 g/mol. The molecule has 0 aliphatic heterocycles. The Kier molecular flexibility index (Phi) is 4.64. The van der Waals surface area contributed by atoms with Crippen LogP contribution in [-0.2, 0) is 0 Å². The van der Waals surface area contributed by atoms with Crippen LogP contribution in [0, 0.1) is 6.92 Å². The second-order valence-corrected chi connectivity index (χ2v) is 4.21. The normalized spacial score (nSPS) is 9.00. The number of nitrogens with zero attached hydrogens (tertiary/aromatic N) is 2. The van der Waals surface area contributed by atoms with Gasteiger partial charge in [0.25, 0.3) is 0 Å². The standard InChI is InChI=1S/C5H8N2S2.CH4/c1-3-8-5-7-6-4(2)9-5;/h3H2,1-2H3;1H4. The highest BCUT2D eigenvalue weighted by Crippen LogP contribution is 2.20. The van der Waals surface area contributed by atoms with Crippen LogP contribution in [0.25, 0.3) is 0 Å². The zero-order chi connectivity index (χ0) is 6.69. The fourth-order valence-corrected chi connectivity index (χ4v) is 2.17. The first kappa shape index (κ1) is 9.91. The lowest BCUT2D eigenvalue weighted by molar-refractivity contribution is 0.984. The molecule has 4 heteroatoms. The molecule has 0 bridgehead atoms. The molecule has 0 aromatic carbocycles. The van der Waals surface area contributed by atoms with E-state index in [1.165, 1.54) is 0 Å². The first-order valence-electron chi connectivity index (χ1n) is 2.76. The number of aryl methyl sites for hydroxylation is 1. The Labute approximate surface area is 70.1 Å². The van der Waals surface area contributed by atoms with Gasteiger partial charge in [0, 0.05) is 0 Å². The SMILES string of the molecule is C.CCSc1nnc(C)s1. The molecule has 1 heterocycles. The summed E-state index contributed by atoms with van der Waals surface area (Å²) in [5.74, 6) is 1.08. The smallest absolute Gasteiger partial charge is 0.143 e. The minimum absolute atomic E-state index is 0. The molecule has 0 unspecified atom stereocenters. The van der Waals surface area contributed by atoms with Crippen LogP contribution >= 0.6 is 23.1 Å². The molecule has 0 saturated carbocycles. The number of thioether (sulfide) groups is 1. The van der Waals surface area contributed by atoms with Crippen LogP contribution in [0.2, 0.25) is 0 Å². The Hall–Kier alpha value is -0.0900. The van der Waals surface area contributed by atoms with Gasteiger partial charge in [0.05, 0.1) is 0 Å². The molecule has 2 nitrogen and oxygen atoms in total. The highest BCUT2D eigenvalue weighted by molar-refractivity contribution is 8.00. The van der Waals surface area contributed by atoms with Crippen molar-refractivity contribution >= 4 is 23.1 Å². The maximum atomic E-state index is 3.94. The molecular formula is C6H12N2S2. The summed E-state index contributed by atoms with van der Waals surface area (Å²) in [7, 11) is 0. The summed E-state index contributed by atoms with van der Waals surface area (Å²) in [6, 6.07) is 0. The van der Waals surface area contributed by atoms with E-state index < -0.39 is 0 Å². The van der Waals surface area contributed by atoms with Gasteiger partial charge in [-0.25, -0.2) is 0 Å². The van der Waals surface area contributed by atoms with Crippen molar-refractivity contribution in [1.82, 2.24) is 10.2 Å². The van der Waals surface area contributed by atoms with Crippen molar-refractivity contribution in [3.05, 3.63) is 5.01 Å². The summed E-state index contributed by atoms with van der Waals surface area (Å²) in [5, 5.41) is 8.87. The van der Waals surface area contributed by atoms with Gasteiger partial charge in [0.1, 0.15) is 5.01 Å². The largest absolute Gasteiger partial charge is 0.174 e. The van der Waals surface area contributed by atoms with E-state index in [0.717, 1.165) is 15.1 Å². The summed E-state index contributed by atoms with van der Waals surface area (Å²) in [5.41, 5.74) is 0. The molecule has 0 spiro atoms. The van der Waals surface area contributed by atoms with Gasteiger partial charge in [-0.1, -0.05) is 37.4 Å². The van der Waals surface area contributed by atoms with Crippen molar-refractivity contribution in [2.75, 3.05) is 5.75 Å². The molecule has 0 amide bonds. The quantitative estimate of drug-likeness (QED) is 0.648. The summed E-state index contributed by atoms with van der Waals surface area (Å²) in [4.78, 5) is 0. The molecule has 0 aliphatic rings. The van der Waals surface area contributed by atoms with E-state index in [9.17, 15) is 0 Å². The number of hydrogen-bond acceptors (Lipinski definition) is 4. The first-order chi connectivity index (χ1) is 4.33. The van der Waals surface area contributed by atoms with Crippen LogP contribution < -0.4 is 0 Å². The van der Waals surface area contributed by atoms with Gasteiger partial charge in [-0.05, 0) is 12.7 Å². The van der Waals surface area contributed by atoms with Crippen molar-refractivity contribution in [3.63, 3.8) is 0 Å². The second-order valence-electron chi connectivity index (χ2n) is 1.52. The molecule has 1 rings (SSSR count). The van der Waals surface area contributed by atoms with Crippen LogP contribution in [0.15, 0.2) is 4.34 Å². The minimum atomic E-state index is 0. The molecule has 0 radical (unpaired) electrons. The minimum Gasteiger partial charge on any atom is -0.143 e. The van der Waals surface area contributed by atoms with Crippen LogP contribution in [0.1, 0.15) is 19.4 Å². The predicted molar refractivity (Wildman–Crippen MR) is 47.8 cm³/mol. The van der Waals surface area contributed by atoms with E-state index in [1.54, 1.807) is 23.1 Å². The van der Waals surface area contributed by atoms with E-state index in [1.807, 2.05) is 6.92 Å². The van der Waals surface area contributed by atoms with Gasteiger partial charge in [-0.3, -0.25) is 0 Å². The molecule has 1 aromatic heterocycles. The van der Waals surface area contributed by atoms with Gasteiger partial charge in [-0.2, -0.15) is 0 Å². The molecule has 0 atom stereocenters. The van der Waals surface area contributed by atoms with Crippen molar-refractivity contribution in [1.29, 1.82) is 0 Å². The third kappa shape index (κ3) is 2.66.